The summed E-state index contributed by atoms with van der Waals surface area (Å²) in [5, 5.41) is 14.4. The van der Waals surface area contributed by atoms with Crippen LogP contribution in [0.5, 0.6) is 0 Å². The van der Waals surface area contributed by atoms with Gasteiger partial charge in [-0.1, -0.05) is 66.2 Å². The number of hydrogen-bond donors (Lipinski definition) is 2. The Kier molecular flexibility index (Phi) is 5.62. The molecule has 0 fully saturated rings. The van der Waals surface area contributed by atoms with Crippen molar-refractivity contribution in [3.05, 3.63) is 88.0 Å². The van der Waals surface area contributed by atoms with Gasteiger partial charge in [0, 0.05) is 22.3 Å². The summed E-state index contributed by atoms with van der Waals surface area (Å²) in [6.45, 7) is 0.573. The van der Waals surface area contributed by atoms with E-state index in [0.717, 1.165) is 31.5 Å². The number of rotatable bonds is 4. The third kappa shape index (κ3) is 4.19. The van der Waals surface area contributed by atoms with Crippen LogP contribution in [-0.4, -0.2) is 14.9 Å². The van der Waals surface area contributed by atoms with Crippen LogP contribution < -0.4 is 10.6 Å². The van der Waals surface area contributed by atoms with Crippen LogP contribution in [0.2, 0.25) is 5.02 Å². The maximum absolute atomic E-state index is 6.24. The van der Waals surface area contributed by atoms with Crippen molar-refractivity contribution in [3.63, 3.8) is 0 Å². The Hall–Kier alpha value is -2.41. The van der Waals surface area contributed by atoms with E-state index in [9.17, 15) is 0 Å². The van der Waals surface area contributed by atoms with Crippen molar-refractivity contribution in [2.45, 2.75) is 6.54 Å². The highest BCUT2D eigenvalue weighted by molar-refractivity contribution is 9.10. The average molecular weight is 472 g/mol. The summed E-state index contributed by atoms with van der Waals surface area (Å²) in [7, 11) is 0. The van der Waals surface area contributed by atoms with Gasteiger partial charge in [-0.25, -0.2) is 0 Å². The van der Waals surface area contributed by atoms with Crippen LogP contribution in [0.4, 0.5) is 11.5 Å². The van der Waals surface area contributed by atoms with E-state index in [4.69, 9.17) is 23.8 Å². The minimum absolute atomic E-state index is 0.472. The molecule has 28 heavy (non-hydrogen) atoms. The Labute approximate surface area is 181 Å². The number of aromatic nitrogens is 2. The fourth-order valence-electron chi connectivity index (χ4n) is 2.96. The summed E-state index contributed by atoms with van der Waals surface area (Å²) in [5.74, 6) is 0.643. The van der Waals surface area contributed by atoms with Gasteiger partial charge in [0.2, 0.25) is 0 Å². The molecule has 4 nitrogen and oxygen atoms in total. The molecule has 0 spiro atoms. The van der Waals surface area contributed by atoms with Crippen molar-refractivity contribution >= 4 is 67.1 Å². The lowest BCUT2D eigenvalue weighted by molar-refractivity contribution is 0.690. The first-order valence-corrected chi connectivity index (χ1v) is 10.2. The monoisotopic (exact) mass is 470 g/mol. The highest BCUT2D eigenvalue weighted by atomic mass is 79.9. The molecule has 0 radical (unpaired) electrons. The second kappa shape index (κ2) is 8.31. The lowest BCUT2D eigenvalue weighted by atomic mass is 10.1. The number of benzene rings is 3. The van der Waals surface area contributed by atoms with Gasteiger partial charge in [-0.3, -0.25) is 4.68 Å². The van der Waals surface area contributed by atoms with Crippen LogP contribution in [0, 0.1) is 0 Å². The van der Waals surface area contributed by atoms with Crippen molar-refractivity contribution in [2.75, 3.05) is 10.6 Å². The fourth-order valence-corrected chi connectivity index (χ4v) is 3.78. The molecule has 0 unspecified atom stereocenters. The summed E-state index contributed by atoms with van der Waals surface area (Å²) in [6, 6.07) is 22.0. The second-order valence-electron chi connectivity index (χ2n) is 6.22. The van der Waals surface area contributed by atoms with Gasteiger partial charge in [0.25, 0.3) is 0 Å². The largest absolute Gasteiger partial charge is 0.332 e. The van der Waals surface area contributed by atoms with Crippen molar-refractivity contribution in [1.29, 1.82) is 0 Å². The Balaban J connectivity index is 1.49. The molecular weight excluding hydrogens is 456 g/mol. The van der Waals surface area contributed by atoms with Gasteiger partial charge in [0.05, 0.1) is 11.0 Å². The smallest absolute Gasteiger partial charge is 0.176 e. The predicted molar refractivity (Wildman–Crippen MR) is 124 cm³/mol. The maximum Gasteiger partial charge on any atom is 0.176 e. The molecular formula is C21H16BrClN4S. The zero-order chi connectivity index (χ0) is 19.5. The quantitative estimate of drug-likeness (QED) is 0.342. The molecule has 4 rings (SSSR count). The van der Waals surface area contributed by atoms with Gasteiger partial charge in [0.15, 0.2) is 10.9 Å². The van der Waals surface area contributed by atoms with Crippen LogP contribution in [-0.2, 0) is 6.54 Å². The molecule has 0 aliphatic rings. The molecule has 1 aromatic heterocycles. The van der Waals surface area contributed by atoms with E-state index >= 15 is 0 Å². The van der Waals surface area contributed by atoms with Crippen LogP contribution >= 0.6 is 39.7 Å². The van der Waals surface area contributed by atoms with Gasteiger partial charge in [-0.05, 0) is 51.2 Å². The molecule has 1 heterocycles. The van der Waals surface area contributed by atoms with E-state index in [1.54, 1.807) is 0 Å². The third-order valence-corrected chi connectivity index (χ3v) is 5.43. The maximum atomic E-state index is 6.24. The van der Waals surface area contributed by atoms with E-state index in [1.807, 2.05) is 59.4 Å². The van der Waals surface area contributed by atoms with E-state index in [0.29, 0.717) is 17.5 Å². The molecule has 0 aliphatic carbocycles. The summed E-state index contributed by atoms with van der Waals surface area (Å²) >= 11 is 15.3. The molecule has 0 atom stereocenters. The standard InChI is InChI=1S/C21H16BrClN4S/c22-17-13-27(12-15-7-2-4-10-18(15)23)26-20(17)25-21(28)24-19-11-5-8-14-6-1-3-9-16(14)19/h1-11,13H,12H2,(H2,24,25,26,28). The predicted octanol–water partition coefficient (Wildman–Crippen LogP) is 6.31. The molecule has 140 valence electrons. The molecule has 0 amide bonds. The normalized spacial score (nSPS) is 10.8. The molecule has 0 saturated carbocycles. The van der Waals surface area contributed by atoms with Gasteiger partial charge in [-0.2, -0.15) is 5.10 Å². The zero-order valence-electron chi connectivity index (χ0n) is 14.7. The molecule has 0 saturated heterocycles. The Morgan fingerprint density at radius 3 is 2.61 bits per heavy atom. The number of hydrogen-bond acceptors (Lipinski definition) is 2. The molecule has 3 aromatic carbocycles. The summed E-state index contributed by atoms with van der Waals surface area (Å²) in [6.07, 6.45) is 1.90. The minimum Gasteiger partial charge on any atom is -0.332 e. The molecule has 7 heteroatoms. The first-order valence-electron chi connectivity index (χ1n) is 8.62. The number of nitrogens with zero attached hydrogens (tertiary/aromatic N) is 2. The van der Waals surface area contributed by atoms with Crippen molar-refractivity contribution in [2.24, 2.45) is 0 Å². The molecule has 0 bridgehead atoms. The molecule has 4 aromatic rings. The van der Waals surface area contributed by atoms with Crippen LogP contribution in [0.15, 0.2) is 77.4 Å². The van der Waals surface area contributed by atoms with E-state index in [1.165, 1.54) is 0 Å². The van der Waals surface area contributed by atoms with Crippen LogP contribution in [0.1, 0.15) is 5.56 Å². The summed E-state index contributed by atoms with van der Waals surface area (Å²) < 4.78 is 2.63. The van der Waals surface area contributed by atoms with Crippen molar-refractivity contribution < 1.29 is 0 Å². The van der Waals surface area contributed by atoms with E-state index < -0.39 is 0 Å². The summed E-state index contributed by atoms with van der Waals surface area (Å²) in [4.78, 5) is 0. The molecule has 2 N–H and O–H groups in total. The zero-order valence-corrected chi connectivity index (χ0v) is 17.9. The summed E-state index contributed by atoms with van der Waals surface area (Å²) in [5.41, 5.74) is 1.95. The highest BCUT2D eigenvalue weighted by Crippen LogP contribution is 2.25. The first kappa shape index (κ1) is 18.9. The Morgan fingerprint density at radius 2 is 1.75 bits per heavy atom. The van der Waals surface area contributed by atoms with Crippen LogP contribution in [0.25, 0.3) is 10.8 Å². The Morgan fingerprint density at radius 1 is 1.00 bits per heavy atom. The number of nitrogens with one attached hydrogen (secondary N) is 2. The van der Waals surface area contributed by atoms with Gasteiger partial charge < -0.3 is 10.6 Å². The first-order chi connectivity index (χ1) is 13.6. The number of halogens is 2. The van der Waals surface area contributed by atoms with Gasteiger partial charge in [-0.15, -0.1) is 0 Å². The minimum atomic E-state index is 0.472. The van der Waals surface area contributed by atoms with E-state index in [2.05, 4.69) is 49.9 Å². The third-order valence-electron chi connectivity index (χ3n) is 4.28. The lowest BCUT2D eigenvalue weighted by Gasteiger charge is -2.11. The number of thiocarbonyl (C=S) groups is 1. The van der Waals surface area contributed by atoms with Gasteiger partial charge in [0.1, 0.15) is 0 Å². The molecule has 0 aliphatic heterocycles. The lowest BCUT2D eigenvalue weighted by Crippen LogP contribution is -2.20. The Bertz CT molecular complexity index is 1150. The number of fused-ring (bicyclic) bond motifs is 1. The van der Waals surface area contributed by atoms with Crippen molar-refractivity contribution in [3.8, 4) is 0 Å². The van der Waals surface area contributed by atoms with Gasteiger partial charge >= 0.3 is 0 Å². The fraction of sp³-hybridized carbons (Fsp3) is 0.0476. The number of anilines is 2. The topological polar surface area (TPSA) is 41.9 Å². The average Bonchev–Trinajstić information content (AvgIpc) is 3.03. The second-order valence-corrected chi connectivity index (χ2v) is 7.89. The van der Waals surface area contributed by atoms with Crippen LogP contribution in [0.3, 0.4) is 0 Å². The van der Waals surface area contributed by atoms with Crippen molar-refractivity contribution in [1.82, 2.24) is 9.78 Å². The SMILES string of the molecule is S=C(Nc1nn(Cc2ccccc2Cl)cc1Br)Nc1cccc2ccccc12. The highest BCUT2D eigenvalue weighted by Gasteiger charge is 2.10. The van der Waals surface area contributed by atoms with E-state index in [-0.39, 0.29) is 0 Å².